The van der Waals surface area contributed by atoms with E-state index < -0.39 is 12.1 Å². The van der Waals surface area contributed by atoms with Crippen molar-refractivity contribution in [1.82, 2.24) is 16.0 Å². The molecule has 1 rings (SSSR count). The molecule has 1 aromatic rings. The number of amides is 3. The van der Waals surface area contributed by atoms with Crippen LogP contribution in [-0.4, -0.2) is 37.0 Å². The predicted octanol–water partition coefficient (Wildman–Crippen LogP) is 10.3. The molecule has 7 heteroatoms. The van der Waals surface area contributed by atoms with Gasteiger partial charge in [0.05, 0.1) is 0 Å². The van der Waals surface area contributed by atoms with Crippen LogP contribution in [0.4, 0.5) is 4.79 Å². The molecule has 7 nitrogen and oxygen atoms in total. The molecule has 0 aliphatic rings. The van der Waals surface area contributed by atoms with Crippen LogP contribution in [0.1, 0.15) is 180 Å². The van der Waals surface area contributed by atoms with E-state index in [4.69, 9.17) is 4.74 Å². The third-order valence-corrected chi connectivity index (χ3v) is 8.89. The first-order valence-corrected chi connectivity index (χ1v) is 19.6. The normalized spacial score (nSPS) is 11.6. The highest BCUT2D eigenvalue weighted by molar-refractivity contribution is 5.87. The number of hydrogen-bond acceptors (Lipinski definition) is 4. The second-order valence-electron chi connectivity index (χ2n) is 13.4. The van der Waals surface area contributed by atoms with Crippen LogP contribution < -0.4 is 16.0 Å². The smallest absolute Gasteiger partial charge is 0.407 e. The van der Waals surface area contributed by atoms with E-state index in [9.17, 15) is 14.4 Å². The van der Waals surface area contributed by atoms with Gasteiger partial charge >= 0.3 is 6.09 Å². The number of carbonyl (C=O) groups excluding carboxylic acids is 3. The van der Waals surface area contributed by atoms with Gasteiger partial charge < -0.3 is 20.7 Å². The van der Waals surface area contributed by atoms with Crippen molar-refractivity contribution in [3.8, 4) is 0 Å². The van der Waals surface area contributed by atoms with E-state index >= 15 is 0 Å². The Labute approximate surface area is 288 Å². The summed E-state index contributed by atoms with van der Waals surface area (Å²) in [5.41, 5.74) is 0.942. The quantitative estimate of drug-likeness (QED) is 0.0672. The highest BCUT2D eigenvalue weighted by Gasteiger charge is 2.20. The van der Waals surface area contributed by atoms with Gasteiger partial charge in [-0.3, -0.25) is 9.59 Å². The first-order valence-electron chi connectivity index (χ1n) is 19.6. The fourth-order valence-electron chi connectivity index (χ4n) is 5.87. The van der Waals surface area contributed by atoms with Gasteiger partial charge in [0, 0.05) is 19.5 Å². The molecule has 0 radical (unpaired) electrons. The Bertz CT molecular complexity index is 879. The number of carbonyl (C=O) groups is 3. The SMILES string of the molecule is CCCCCCCCCCCCCCCCCC(=O)N[C@@H](CCCCNC(=O)OCc1ccccc1)C(=O)NCCCCCCCC. The maximum atomic E-state index is 13.0. The third-order valence-electron chi connectivity index (χ3n) is 8.89. The summed E-state index contributed by atoms with van der Waals surface area (Å²) in [5.74, 6) is -0.138. The zero-order valence-electron chi connectivity index (χ0n) is 30.4. The Morgan fingerprint density at radius 3 is 1.60 bits per heavy atom. The minimum Gasteiger partial charge on any atom is -0.445 e. The van der Waals surface area contributed by atoms with Gasteiger partial charge in [0.1, 0.15) is 12.6 Å². The molecule has 0 spiro atoms. The van der Waals surface area contributed by atoms with E-state index in [1.54, 1.807) is 0 Å². The van der Waals surface area contributed by atoms with E-state index in [0.29, 0.717) is 38.8 Å². The number of alkyl carbamates (subject to hydrolysis) is 1. The minimum atomic E-state index is -0.538. The molecule has 0 unspecified atom stereocenters. The molecule has 270 valence electrons. The molecule has 0 aromatic heterocycles. The van der Waals surface area contributed by atoms with Crippen LogP contribution in [0.15, 0.2) is 30.3 Å². The number of ether oxygens (including phenoxy) is 1. The van der Waals surface area contributed by atoms with Gasteiger partial charge in [-0.2, -0.15) is 0 Å². The van der Waals surface area contributed by atoms with Crippen molar-refractivity contribution in [2.75, 3.05) is 13.1 Å². The molecule has 0 saturated carbocycles. The standard InChI is InChI=1S/C40H71N3O4/c1-3-5-7-9-11-12-13-14-15-16-17-18-19-20-25-32-38(44)43-37(39(45)41-33-27-21-10-8-6-4-2)31-26-28-34-42-40(46)47-35-36-29-23-22-24-30-36/h22-24,29-30,37H,3-21,25-28,31-35H2,1-2H3,(H,41,45)(H,42,46)(H,43,44)/t37-/m0/s1. The molecule has 0 aliphatic heterocycles. The maximum absolute atomic E-state index is 13.0. The highest BCUT2D eigenvalue weighted by atomic mass is 16.5. The zero-order chi connectivity index (χ0) is 34.0. The molecular weight excluding hydrogens is 586 g/mol. The van der Waals surface area contributed by atoms with Crippen molar-refractivity contribution in [1.29, 1.82) is 0 Å². The topological polar surface area (TPSA) is 96.5 Å². The number of hydrogen-bond donors (Lipinski definition) is 3. The van der Waals surface area contributed by atoms with Crippen LogP contribution in [0.2, 0.25) is 0 Å². The predicted molar refractivity (Wildman–Crippen MR) is 196 cm³/mol. The number of unbranched alkanes of at least 4 members (excludes halogenated alkanes) is 20. The van der Waals surface area contributed by atoms with Crippen molar-refractivity contribution in [2.45, 2.75) is 187 Å². The lowest BCUT2D eigenvalue weighted by Gasteiger charge is -2.19. The molecule has 1 atom stereocenters. The first kappa shape index (κ1) is 42.5. The molecule has 0 bridgehead atoms. The van der Waals surface area contributed by atoms with Gasteiger partial charge in [-0.25, -0.2) is 4.79 Å². The van der Waals surface area contributed by atoms with Crippen molar-refractivity contribution in [3.63, 3.8) is 0 Å². The van der Waals surface area contributed by atoms with Crippen LogP contribution >= 0.6 is 0 Å². The second-order valence-corrected chi connectivity index (χ2v) is 13.4. The molecule has 1 aromatic carbocycles. The number of nitrogens with one attached hydrogen (secondary N) is 3. The van der Waals surface area contributed by atoms with Crippen molar-refractivity contribution in [2.24, 2.45) is 0 Å². The molecular formula is C40H71N3O4. The van der Waals surface area contributed by atoms with Gasteiger partial charge in [0.15, 0.2) is 0 Å². The Balaban J connectivity index is 2.24. The fourth-order valence-corrected chi connectivity index (χ4v) is 5.87. The summed E-state index contributed by atoms with van der Waals surface area (Å²) in [7, 11) is 0. The van der Waals surface area contributed by atoms with Crippen LogP contribution in [0, 0.1) is 0 Å². The van der Waals surface area contributed by atoms with E-state index in [2.05, 4.69) is 29.8 Å². The van der Waals surface area contributed by atoms with Crippen LogP contribution in [0.3, 0.4) is 0 Å². The van der Waals surface area contributed by atoms with Crippen LogP contribution in [0.5, 0.6) is 0 Å². The van der Waals surface area contributed by atoms with E-state index in [1.807, 2.05) is 30.3 Å². The largest absolute Gasteiger partial charge is 0.445 e. The van der Waals surface area contributed by atoms with Gasteiger partial charge in [-0.1, -0.05) is 166 Å². The fraction of sp³-hybridized carbons (Fsp3) is 0.775. The lowest BCUT2D eigenvalue weighted by molar-refractivity contribution is -0.129. The van der Waals surface area contributed by atoms with Crippen LogP contribution in [0.25, 0.3) is 0 Å². The molecule has 47 heavy (non-hydrogen) atoms. The summed E-state index contributed by atoms with van der Waals surface area (Å²) >= 11 is 0. The van der Waals surface area contributed by atoms with E-state index in [0.717, 1.165) is 31.2 Å². The average molecular weight is 658 g/mol. The molecule has 3 N–H and O–H groups in total. The minimum absolute atomic E-state index is 0.0398. The van der Waals surface area contributed by atoms with E-state index in [1.165, 1.54) is 109 Å². The monoisotopic (exact) mass is 658 g/mol. The maximum Gasteiger partial charge on any atom is 0.407 e. The highest BCUT2D eigenvalue weighted by Crippen LogP contribution is 2.14. The number of benzene rings is 1. The molecule has 0 heterocycles. The Kier molecular flexibility index (Phi) is 28.9. The Morgan fingerprint density at radius 1 is 0.574 bits per heavy atom. The van der Waals surface area contributed by atoms with Crippen molar-refractivity contribution >= 4 is 17.9 Å². The number of rotatable bonds is 32. The summed E-state index contributed by atoms with van der Waals surface area (Å²) in [6, 6.07) is 9.05. The molecule has 3 amide bonds. The van der Waals surface area contributed by atoms with Crippen molar-refractivity contribution in [3.05, 3.63) is 35.9 Å². The summed E-state index contributed by atoms with van der Waals surface area (Å²) in [6.45, 7) is 5.83. The second kappa shape index (κ2) is 32.0. The Morgan fingerprint density at radius 2 is 1.04 bits per heavy atom. The van der Waals surface area contributed by atoms with Crippen LogP contribution in [-0.2, 0) is 20.9 Å². The summed E-state index contributed by atoms with van der Waals surface area (Å²) in [5, 5.41) is 8.84. The van der Waals surface area contributed by atoms with Gasteiger partial charge in [-0.15, -0.1) is 0 Å². The van der Waals surface area contributed by atoms with Gasteiger partial charge in [-0.05, 0) is 37.7 Å². The first-order chi connectivity index (χ1) is 23.1. The van der Waals surface area contributed by atoms with Gasteiger partial charge in [0.25, 0.3) is 0 Å². The third kappa shape index (κ3) is 27.1. The van der Waals surface area contributed by atoms with E-state index in [-0.39, 0.29) is 18.4 Å². The lowest BCUT2D eigenvalue weighted by Crippen LogP contribution is -2.47. The summed E-state index contributed by atoms with van der Waals surface area (Å²) < 4.78 is 5.27. The Hall–Kier alpha value is -2.57. The molecule has 0 aliphatic carbocycles. The lowest BCUT2D eigenvalue weighted by atomic mass is 10.0. The molecule has 0 saturated heterocycles. The summed E-state index contributed by atoms with van der Waals surface area (Å²) in [6.07, 6.45) is 28.4. The average Bonchev–Trinajstić information content (AvgIpc) is 3.08. The summed E-state index contributed by atoms with van der Waals surface area (Å²) in [4.78, 5) is 37.8. The zero-order valence-corrected chi connectivity index (χ0v) is 30.4. The van der Waals surface area contributed by atoms with Gasteiger partial charge in [0.2, 0.25) is 11.8 Å². The van der Waals surface area contributed by atoms with Crippen molar-refractivity contribution < 1.29 is 19.1 Å². The molecule has 0 fully saturated rings.